The molecule has 1 fully saturated rings. The van der Waals surface area contributed by atoms with E-state index in [4.69, 9.17) is 4.43 Å². The van der Waals surface area contributed by atoms with Crippen LogP contribution in [0.15, 0.2) is 23.8 Å². The van der Waals surface area contributed by atoms with Crippen LogP contribution in [0.2, 0.25) is 18.1 Å². The maximum absolute atomic E-state index is 10.6. The first-order chi connectivity index (χ1) is 9.21. The fraction of sp³-hybridized carbons (Fsp3) is 0.765. The van der Waals surface area contributed by atoms with Crippen molar-refractivity contribution in [2.45, 2.75) is 51.4 Å². The van der Waals surface area contributed by atoms with Gasteiger partial charge in [-0.2, -0.15) is 0 Å². The second-order valence-corrected chi connectivity index (χ2v) is 13.1. The van der Waals surface area contributed by atoms with Gasteiger partial charge < -0.3 is 9.53 Å². The molecule has 3 aliphatic carbocycles. The number of fused-ring (bicyclic) bond motifs is 5. The molecule has 3 heteroatoms. The van der Waals surface area contributed by atoms with Crippen LogP contribution in [0, 0.1) is 23.7 Å². The van der Waals surface area contributed by atoms with Crippen LogP contribution in [0.1, 0.15) is 27.2 Å². The van der Waals surface area contributed by atoms with Crippen LogP contribution in [0.5, 0.6) is 0 Å². The molecule has 0 spiro atoms. The van der Waals surface area contributed by atoms with Crippen molar-refractivity contribution in [3.63, 3.8) is 0 Å². The van der Waals surface area contributed by atoms with E-state index in [1.165, 1.54) is 6.42 Å². The second-order valence-electron chi connectivity index (χ2n) is 8.34. The van der Waals surface area contributed by atoms with Gasteiger partial charge in [0.05, 0.1) is 12.7 Å². The normalized spacial score (nSPS) is 39.3. The molecule has 0 unspecified atom stereocenters. The van der Waals surface area contributed by atoms with Crippen molar-refractivity contribution in [2.75, 3.05) is 6.61 Å². The summed E-state index contributed by atoms with van der Waals surface area (Å²) >= 11 is 0. The number of allylic oxidation sites excluding steroid dienone is 3. The molecule has 3 aliphatic rings. The minimum Gasteiger partial charge on any atom is -0.413 e. The second kappa shape index (κ2) is 4.55. The average molecular weight is 292 g/mol. The van der Waals surface area contributed by atoms with Crippen molar-refractivity contribution in [3.8, 4) is 0 Å². The molecule has 112 valence electrons. The van der Waals surface area contributed by atoms with E-state index in [9.17, 15) is 5.11 Å². The standard InChI is InChI=1S/C17H28O2Si/c1-17(2,3)20(4,5)19-10-13-9-14-11-6-7-12(8-11)15(14)16(13)18/h6-7,9,11-12,14-16,18H,8,10H2,1-5H3/t11-,12+,14-,15+,16-/m1/s1. The Morgan fingerprint density at radius 1 is 1.25 bits per heavy atom. The topological polar surface area (TPSA) is 29.5 Å². The summed E-state index contributed by atoms with van der Waals surface area (Å²) in [6.07, 6.45) is 7.98. The zero-order chi connectivity index (χ0) is 14.7. The molecule has 1 N–H and O–H groups in total. The molecule has 0 aromatic rings. The summed E-state index contributed by atoms with van der Waals surface area (Å²) < 4.78 is 6.29. The summed E-state index contributed by atoms with van der Waals surface area (Å²) in [6, 6.07) is 0. The first-order valence-electron chi connectivity index (χ1n) is 7.92. The van der Waals surface area contributed by atoms with Gasteiger partial charge in [-0.1, -0.05) is 39.0 Å². The highest BCUT2D eigenvalue weighted by atomic mass is 28.4. The molecule has 0 aromatic heterocycles. The largest absolute Gasteiger partial charge is 0.413 e. The van der Waals surface area contributed by atoms with Crippen LogP contribution in [0.25, 0.3) is 0 Å². The lowest BCUT2D eigenvalue weighted by Crippen LogP contribution is -2.41. The molecule has 0 aromatic carbocycles. The van der Waals surface area contributed by atoms with Gasteiger partial charge in [-0.05, 0) is 47.9 Å². The van der Waals surface area contributed by atoms with Crippen molar-refractivity contribution < 1.29 is 9.53 Å². The van der Waals surface area contributed by atoms with E-state index >= 15 is 0 Å². The van der Waals surface area contributed by atoms with Crippen molar-refractivity contribution >= 4 is 8.32 Å². The summed E-state index contributed by atoms with van der Waals surface area (Å²) in [5.41, 5.74) is 1.14. The molecule has 3 rings (SSSR count). The molecule has 20 heavy (non-hydrogen) atoms. The number of hydrogen-bond donors (Lipinski definition) is 1. The molecule has 2 bridgehead atoms. The molecule has 0 heterocycles. The Morgan fingerprint density at radius 2 is 1.90 bits per heavy atom. The Bertz CT molecular complexity index is 458. The summed E-state index contributed by atoms with van der Waals surface area (Å²) in [4.78, 5) is 0. The maximum Gasteiger partial charge on any atom is 0.192 e. The van der Waals surface area contributed by atoms with Gasteiger partial charge in [0.25, 0.3) is 0 Å². The quantitative estimate of drug-likeness (QED) is 0.634. The van der Waals surface area contributed by atoms with E-state index < -0.39 is 8.32 Å². The first kappa shape index (κ1) is 14.5. The molecular formula is C17H28O2Si. The monoisotopic (exact) mass is 292 g/mol. The molecule has 0 amide bonds. The van der Waals surface area contributed by atoms with Gasteiger partial charge in [-0.15, -0.1) is 0 Å². The molecule has 0 aliphatic heterocycles. The van der Waals surface area contributed by atoms with Gasteiger partial charge >= 0.3 is 0 Å². The highest BCUT2D eigenvalue weighted by Gasteiger charge is 2.51. The van der Waals surface area contributed by atoms with E-state index in [2.05, 4.69) is 52.1 Å². The summed E-state index contributed by atoms with van der Waals surface area (Å²) in [5, 5.41) is 10.8. The Kier molecular flexibility index (Phi) is 3.31. The molecule has 2 nitrogen and oxygen atoms in total. The fourth-order valence-electron chi connectivity index (χ4n) is 3.78. The molecule has 5 atom stereocenters. The fourth-order valence-corrected chi connectivity index (χ4v) is 4.75. The van der Waals surface area contributed by atoms with Gasteiger partial charge in [-0.25, -0.2) is 0 Å². The zero-order valence-corrected chi connectivity index (χ0v) is 14.4. The van der Waals surface area contributed by atoms with E-state index in [-0.39, 0.29) is 11.1 Å². The SMILES string of the molecule is CC(C)(C)[Si](C)(C)OCC1=C[C@H]2[C@@H]([C@@H]1O)[C@H]1C=C[C@@H]2C1. The van der Waals surface area contributed by atoms with Crippen LogP contribution < -0.4 is 0 Å². The highest BCUT2D eigenvalue weighted by Crippen LogP contribution is 2.54. The van der Waals surface area contributed by atoms with Crippen LogP contribution in [-0.4, -0.2) is 26.1 Å². The average Bonchev–Trinajstić information content (AvgIpc) is 2.98. The molecule has 0 radical (unpaired) electrons. The number of aliphatic hydroxyl groups excluding tert-OH is 1. The Labute approximate surface area is 124 Å². The third-order valence-electron chi connectivity index (χ3n) is 6.14. The first-order valence-corrected chi connectivity index (χ1v) is 10.8. The van der Waals surface area contributed by atoms with E-state index in [1.807, 2.05) is 0 Å². The molecule has 1 saturated carbocycles. The number of rotatable bonds is 3. The lowest BCUT2D eigenvalue weighted by atomic mass is 9.84. The van der Waals surface area contributed by atoms with Gasteiger partial charge in [0.15, 0.2) is 8.32 Å². The maximum atomic E-state index is 10.6. The smallest absolute Gasteiger partial charge is 0.192 e. The van der Waals surface area contributed by atoms with Crippen molar-refractivity contribution in [1.29, 1.82) is 0 Å². The lowest BCUT2D eigenvalue weighted by Gasteiger charge is -2.36. The third kappa shape index (κ3) is 2.15. The summed E-state index contributed by atoms with van der Waals surface area (Å²) in [7, 11) is -1.72. The highest BCUT2D eigenvalue weighted by molar-refractivity contribution is 6.74. The Morgan fingerprint density at radius 3 is 2.50 bits per heavy atom. The van der Waals surface area contributed by atoms with Gasteiger partial charge in [0, 0.05) is 5.92 Å². The summed E-state index contributed by atoms with van der Waals surface area (Å²) in [5.74, 6) is 2.27. The van der Waals surface area contributed by atoms with E-state index in [1.54, 1.807) is 0 Å². The zero-order valence-electron chi connectivity index (χ0n) is 13.4. The summed E-state index contributed by atoms with van der Waals surface area (Å²) in [6.45, 7) is 12.0. The predicted octanol–water partition coefficient (Wildman–Crippen LogP) is 3.75. The minimum atomic E-state index is -1.72. The van der Waals surface area contributed by atoms with Crippen LogP contribution >= 0.6 is 0 Å². The number of hydrogen-bond acceptors (Lipinski definition) is 2. The van der Waals surface area contributed by atoms with Crippen molar-refractivity contribution in [3.05, 3.63) is 23.8 Å². The van der Waals surface area contributed by atoms with Crippen molar-refractivity contribution in [2.24, 2.45) is 23.7 Å². The predicted molar refractivity (Wildman–Crippen MR) is 85.0 cm³/mol. The van der Waals surface area contributed by atoms with E-state index in [0.29, 0.717) is 30.3 Å². The third-order valence-corrected chi connectivity index (χ3v) is 10.6. The van der Waals surface area contributed by atoms with Gasteiger partial charge in [0.1, 0.15) is 0 Å². The van der Waals surface area contributed by atoms with E-state index in [0.717, 1.165) is 5.57 Å². The molecule has 0 saturated heterocycles. The minimum absolute atomic E-state index is 0.230. The van der Waals surface area contributed by atoms with Crippen LogP contribution in [0.4, 0.5) is 0 Å². The lowest BCUT2D eigenvalue weighted by molar-refractivity contribution is 0.114. The number of aliphatic hydroxyl groups is 1. The van der Waals surface area contributed by atoms with Gasteiger partial charge in [0.2, 0.25) is 0 Å². The van der Waals surface area contributed by atoms with Crippen LogP contribution in [0.3, 0.4) is 0 Å². The van der Waals surface area contributed by atoms with Gasteiger partial charge in [-0.3, -0.25) is 0 Å². The molecular weight excluding hydrogens is 264 g/mol. The Hall–Kier alpha value is -0.383. The van der Waals surface area contributed by atoms with Crippen LogP contribution in [-0.2, 0) is 4.43 Å². The Balaban J connectivity index is 1.67. The van der Waals surface area contributed by atoms with Crippen molar-refractivity contribution in [1.82, 2.24) is 0 Å².